The first-order valence-corrected chi connectivity index (χ1v) is 14.3. The van der Waals surface area contributed by atoms with Gasteiger partial charge in [-0.3, -0.25) is 9.59 Å². The van der Waals surface area contributed by atoms with Gasteiger partial charge in [0.15, 0.2) is 14.6 Å². The molecule has 8 nitrogen and oxygen atoms in total. The van der Waals surface area contributed by atoms with Crippen molar-refractivity contribution in [3.63, 3.8) is 0 Å². The fourth-order valence-electron chi connectivity index (χ4n) is 3.89. The molecule has 0 aliphatic carbocycles. The van der Waals surface area contributed by atoms with E-state index in [4.69, 9.17) is 6.42 Å². The van der Waals surface area contributed by atoms with Gasteiger partial charge in [-0.25, -0.2) is 8.42 Å². The number of rotatable bonds is 6. The first kappa shape index (κ1) is 25.2. The Morgan fingerprint density at radius 2 is 1.77 bits per heavy atom. The monoisotopic (exact) mass is 574 g/mol. The van der Waals surface area contributed by atoms with Gasteiger partial charge in [0.1, 0.15) is 11.5 Å². The zero-order valence-electron chi connectivity index (χ0n) is 18.8. The lowest BCUT2D eigenvalue weighted by Gasteiger charge is -2.36. The van der Waals surface area contributed by atoms with E-state index < -0.39 is 33.2 Å². The average Bonchev–Trinajstić information content (AvgIpc) is 3.14. The minimum absolute atomic E-state index is 0.188. The summed E-state index contributed by atoms with van der Waals surface area (Å²) in [5, 5.41) is 0. The van der Waals surface area contributed by atoms with E-state index in [1.807, 2.05) is 48.5 Å². The van der Waals surface area contributed by atoms with Crippen molar-refractivity contribution in [3.05, 3.63) is 57.8 Å². The van der Waals surface area contributed by atoms with Crippen LogP contribution in [0.1, 0.15) is 0 Å². The molecule has 0 atom stereocenters. The molecule has 11 heteroatoms. The maximum atomic E-state index is 12.6. The minimum Gasteiger partial charge on any atom is -0.368 e. The molecule has 0 saturated carbocycles. The van der Waals surface area contributed by atoms with Crippen LogP contribution in [0.3, 0.4) is 0 Å². The van der Waals surface area contributed by atoms with Crippen LogP contribution >= 0.6 is 27.3 Å². The van der Waals surface area contributed by atoms with Crippen molar-refractivity contribution in [3.8, 4) is 12.3 Å². The third-order valence-corrected chi connectivity index (χ3v) is 8.46. The summed E-state index contributed by atoms with van der Waals surface area (Å²) in [6, 6.07) is 15.4. The number of carbonyl (C=O) groups excluding carboxylic acids is 2. The quantitative estimate of drug-likeness (QED) is 0.421. The number of hydrogen-bond donors (Lipinski definition) is 0. The molecule has 0 unspecified atom stereocenters. The Bertz CT molecular complexity index is 1460. The van der Waals surface area contributed by atoms with Gasteiger partial charge in [-0.15, -0.1) is 6.42 Å². The summed E-state index contributed by atoms with van der Waals surface area (Å²) in [6.45, 7) is 2.26. The molecular formula is C24H23BrN4O4S2. The largest absolute Gasteiger partial charge is 0.368 e. The molecule has 182 valence electrons. The lowest BCUT2D eigenvalue weighted by Crippen LogP contribution is -2.50. The van der Waals surface area contributed by atoms with Crippen molar-refractivity contribution < 1.29 is 18.0 Å². The van der Waals surface area contributed by atoms with E-state index >= 15 is 0 Å². The molecule has 2 heterocycles. The van der Waals surface area contributed by atoms with Crippen molar-refractivity contribution in [2.45, 2.75) is 6.54 Å². The Hall–Kier alpha value is -2.94. The van der Waals surface area contributed by atoms with Gasteiger partial charge in [-0.05, 0) is 30.3 Å². The highest BCUT2D eigenvalue weighted by Crippen LogP contribution is 2.22. The molecule has 0 radical (unpaired) electrons. The van der Waals surface area contributed by atoms with Gasteiger partial charge < -0.3 is 14.4 Å². The Balaban J connectivity index is 1.41. The average molecular weight is 576 g/mol. The van der Waals surface area contributed by atoms with Crippen molar-refractivity contribution in [2.24, 2.45) is 4.99 Å². The van der Waals surface area contributed by atoms with Crippen molar-refractivity contribution in [1.29, 1.82) is 0 Å². The molecule has 2 aromatic carbocycles. The molecule has 4 rings (SSSR count). The smallest absolute Gasteiger partial charge is 0.263 e. The van der Waals surface area contributed by atoms with E-state index in [9.17, 15) is 18.0 Å². The second-order valence-corrected chi connectivity index (χ2v) is 12.0. The highest BCUT2D eigenvalue weighted by Gasteiger charge is 2.27. The zero-order chi connectivity index (χ0) is 25.0. The Morgan fingerprint density at radius 1 is 1.06 bits per heavy atom. The normalized spacial score (nSPS) is 14.8. The number of piperazine rings is 1. The van der Waals surface area contributed by atoms with Crippen molar-refractivity contribution in [2.75, 3.05) is 42.6 Å². The van der Waals surface area contributed by atoms with E-state index in [0.717, 1.165) is 20.4 Å². The number of amides is 2. The minimum atomic E-state index is -3.98. The third kappa shape index (κ3) is 6.20. The van der Waals surface area contributed by atoms with Crippen LogP contribution in [-0.4, -0.2) is 67.4 Å². The van der Waals surface area contributed by atoms with Gasteiger partial charge in [0, 0.05) is 36.3 Å². The number of halogens is 1. The Kier molecular flexibility index (Phi) is 7.74. The highest BCUT2D eigenvalue weighted by molar-refractivity contribution is 9.10. The number of aromatic nitrogens is 1. The molecule has 35 heavy (non-hydrogen) atoms. The van der Waals surface area contributed by atoms with E-state index in [-0.39, 0.29) is 6.54 Å². The maximum Gasteiger partial charge on any atom is 0.263 e. The standard InChI is InChI=1S/C24H23BrN4O4S2/c1-2-10-29-20-9-8-18(25)15-21(20)34-24(29)26-22(30)16-35(32,33)17-23(31)28-13-11-27(12-14-28)19-6-4-3-5-7-19/h1,3-9,15H,10-14,16-17H2. The number of terminal acetylenes is 1. The lowest BCUT2D eigenvalue weighted by atomic mass is 10.2. The van der Waals surface area contributed by atoms with Gasteiger partial charge in [-0.1, -0.05) is 51.4 Å². The fraction of sp³-hybridized carbons (Fsp3) is 0.292. The van der Waals surface area contributed by atoms with Crippen LogP contribution in [0.4, 0.5) is 5.69 Å². The topological polar surface area (TPSA) is 92.0 Å². The molecular weight excluding hydrogens is 552 g/mol. The van der Waals surface area contributed by atoms with Crippen molar-refractivity contribution in [1.82, 2.24) is 9.47 Å². The van der Waals surface area contributed by atoms with Gasteiger partial charge in [0.2, 0.25) is 5.91 Å². The van der Waals surface area contributed by atoms with E-state index in [1.165, 1.54) is 16.2 Å². The van der Waals surface area contributed by atoms with Crippen LogP contribution < -0.4 is 9.70 Å². The van der Waals surface area contributed by atoms with E-state index in [1.54, 1.807) is 4.57 Å². The SMILES string of the molecule is C#CCn1c(=NC(=O)CS(=O)(=O)CC(=O)N2CCN(c3ccccc3)CC2)sc2cc(Br)ccc21. The first-order chi connectivity index (χ1) is 16.8. The Morgan fingerprint density at radius 3 is 2.46 bits per heavy atom. The van der Waals surface area contributed by atoms with E-state index in [2.05, 4.69) is 31.7 Å². The molecule has 1 aliphatic heterocycles. The molecule has 1 aromatic heterocycles. The molecule has 1 aliphatic rings. The number of benzene rings is 2. The van der Waals surface area contributed by atoms with Gasteiger partial charge in [0.25, 0.3) is 5.91 Å². The van der Waals surface area contributed by atoms with Gasteiger partial charge in [-0.2, -0.15) is 4.99 Å². The third-order valence-electron chi connectivity index (χ3n) is 5.56. The summed E-state index contributed by atoms with van der Waals surface area (Å²) in [5.74, 6) is -0.357. The van der Waals surface area contributed by atoms with Crippen LogP contribution in [0.5, 0.6) is 0 Å². The Labute approximate surface area is 215 Å². The molecule has 1 fully saturated rings. The number of hydrogen-bond acceptors (Lipinski definition) is 6. The summed E-state index contributed by atoms with van der Waals surface area (Å²) >= 11 is 4.65. The lowest BCUT2D eigenvalue weighted by molar-refractivity contribution is -0.128. The summed E-state index contributed by atoms with van der Waals surface area (Å²) in [6.07, 6.45) is 5.47. The van der Waals surface area contributed by atoms with Crippen LogP contribution in [0, 0.1) is 12.3 Å². The number of thiazole rings is 1. The fourth-order valence-corrected chi connectivity index (χ4v) is 6.59. The number of carbonyl (C=O) groups is 2. The number of fused-ring (bicyclic) bond motifs is 1. The molecule has 3 aromatic rings. The molecule has 1 saturated heterocycles. The summed E-state index contributed by atoms with van der Waals surface area (Å²) in [7, 11) is -3.98. The number of para-hydroxylation sites is 1. The predicted octanol–water partition coefficient (Wildman–Crippen LogP) is 2.29. The number of sulfone groups is 1. The van der Waals surface area contributed by atoms with Crippen LogP contribution in [-0.2, 0) is 26.0 Å². The van der Waals surface area contributed by atoms with E-state index in [0.29, 0.717) is 31.0 Å². The van der Waals surface area contributed by atoms with Crippen LogP contribution in [0.15, 0.2) is 58.0 Å². The van der Waals surface area contributed by atoms with Crippen LogP contribution in [0.2, 0.25) is 0 Å². The molecule has 0 bridgehead atoms. The summed E-state index contributed by atoms with van der Waals surface area (Å²) in [4.78, 5) is 33.2. The summed E-state index contributed by atoms with van der Waals surface area (Å²) in [5.41, 5.74) is 1.87. The zero-order valence-corrected chi connectivity index (χ0v) is 22.0. The predicted molar refractivity (Wildman–Crippen MR) is 141 cm³/mol. The second-order valence-electron chi connectivity index (χ2n) is 8.03. The first-order valence-electron chi connectivity index (χ1n) is 10.8. The van der Waals surface area contributed by atoms with Crippen molar-refractivity contribution >= 4 is 64.8 Å². The second kappa shape index (κ2) is 10.8. The van der Waals surface area contributed by atoms with Crippen LogP contribution in [0.25, 0.3) is 10.2 Å². The van der Waals surface area contributed by atoms with Gasteiger partial charge in [0.05, 0.1) is 16.8 Å². The number of nitrogens with zero attached hydrogens (tertiary/aromatic N) is 4. The molecule has 2 amide bonds. The molecule has 0 spiro atoms. The summed E-state index contributed by atoms with van der Waals surface area (Å²) < 4.78 is 28.6. The highest BCUT2D eigenvalue weighted by atomic mass is 79.9. The van der Waals surface area contributed by atoms with Gasteiger partial charge >= 0.3 is 0 Å². The molecule has 0 N–H and O–H groups in total. The number of anilines is 1. The maximum absolute atomic E-state index is 12.6.